The normalized spacial score (nSPS) is 10.1. The van der Waals surface area contributed by atoms with E-state index >= 15 is 0 Å². The summed E-state index contributed by atoms with van der Waals surface area (Å²) < 4.78 is 14.7. The molecular formula is C10H14N2O4. The zero-order chi connectivity index (χ0) is 11.8. The molecule has 0 unspecified atom stereocenters. The molecule has 0 aliphatic rings. The number of nitrogens with two attached hydrogens (primary N) is 1. The predicted octanol–water partition coefficient (Wildman–Crippen LogP) is 0.702. The molecule has 6 nitrogen and oxygen atoms in total. The summed E-state index contributed by atoms with van der Waals surface area (Å²) in [4.78, 5) is 14.5. The molecule has 0 aliphatic carbocycles. The number of hydrogen-bond donors (Lipinski definition) is 1. The fraction of sp³-hybridized carbons (Fsp3) is 0.400. The van der Waals surface area contributed by atoms with Gasteiger partial charge in [0.2, 0.25) is 0 Å². The molecule has 0 spiro atoms. The minimum atomic E-state index is -0.856. The van der Waals surface area contributed by atoms with Gasteiger partial charge in [0.25, 0.3) is 0 Å². The Balaban J connectivity index is 2.36. The standard InChI is InChI=1S/C10H14N2O4/c1-14-4-5-15-7-8-2-3-9(6-12-8)16-10(11)13/h2-3,6H,4-5,7H2,1H3,(H2,11,13). The SMILES string of the molecule is COCCOCc1ccc(OC(N)=O)cn1. The number of rotatable bonds is 6. The van der Waals surface area contributed by atoms with Crippen LogP contribution in [0.5, 0.6) is 5.75 Å². The second kappa shape index (κ2) is 6.76. The Bertz CT molecular complexity index is 326. The first-order chi connectivity index (χ1) is 7.72. The Hall–Kier alpha value is -1.66. The van der Waals surface area contributed by atoms with Gasteiger partial charge in [-0.15, -0.1) is 0 Å². The minimum absolute atomic E-state index is 0.313. The monoisotopic (exact) mass is 226 g/mol. The fourth-order valence-corrected chi connectivity index (χ4v) is 0.992. The highest BCUT2D eigenvalue weighted by molar-refractivity contribution is 5.67. The van der Waals surface area contributed by atoms with Crippen LogP contribution in [0.25, 0.3) is 0 Å². The molecule has 88 valence electrons. The summed E-state index contributed by atoms with van der Waals surface area (Å²) in [5.74, 6) is 0.313. The lowest BCUT2D eigenvalue weighted by molar-refractivity contribution is 0.0602. The number of carbonyl (C=O) groups is 1. The van der Waals surface area contributed by atoms with E-state index in [1.165, 1.54) is 6.20 Å². The fourth-order valence-electron chi connectivity index (χ4n) is 0.992. The molecule has 0 fully saturated rings. The summed E-state index contributed by atoms with van der Waals surface area (Å²) in [7, 11) is 1.61. The van der Waals surface area contributed by atoms with E-state index in [1.807, 2.05) is 0 Å². The Morgan fingerprint density at radius 2 is 2.25 bits per heavy atom. The van der Waals surface area contributed by atoms with Gasteiger partial charge < -0.3 is 19.9 Å². The van der Waals surface area contributed by atoms with Gasteiger partial charge in [0.15, 0.2) is 5.75 Å². The number of hydrogen-bond acceptors (Lipinski definition) is 5. The summed E-state index contributed by atoms with van der Waals surface area (Å²) in [6, 6.07) is 3.30. The van der Waals surface area contributed by atoms with E-state index in [1.54, 1.807) is 19.2 Å². The van der Waals surface area contributed by atoms with Crippen LogP contribution in [-0.2, 0) is 16.1 Å². The minimum Gasteiger partial charge on any atom is -0.409 e. The Morgan fingerprint density at radius 1 is 1.44 bits per heavy atom. The molecule has 0 saturated heterocycles. The van der Waals surface area contributed by atoms with Crippen LogP contribution in [0.1, 0.15) is 5.69 Å². The molecule has 1 amide bonds. The first-order valence-electron chi connectivity index (χ1n) is 4.71. The van der Waals surface area contributed by atoms with Gasteiger partial charge in [-0.25, -0.2) is 4.79 Å². The van der Waals surface area contributed by atoms with Crippen molar-refractivity contribution < 1.29 is 19.0 Å². The van der Waals surface area contributed by atoms with Gasteiger partial charge in [0.05, 0.1) is 31.7 Å². The average molecular weight is 226 g/mol. The molecule has 1 heterocycles. The van der Waals surface area contributed by atoms with E-state index < -0.39 is 6.09 Å². The van der Waals surface area contributed by atoms with Crippen LogP contribution in [0, 0.1) is 0 Å². The van der Waals surface area contributed by atoms with Crippen molar-refractivity contribution in [3.05, 3.63) is 24.0 Å². The number of ether oxygens (including phenoxy) is 3. The molecule has 1 rings (SSSR count). The van der Waals surface area contributed by atoms with E-state index in [0.717, 1.165) is 5.69 Å². The second-order valence-corrected chi connectivity index (χ2v) is 2.95. The van der Waals surface area contributed by atoms with E-state index in [0.29, 0.717) is 25.6 Å². The number of methoxy groups -OCH3 is 1. The van der Waals surface area contributed by atoms with Gasteiger partial charge in [-0.1, -0.05) is 0 Å². The molecule has 0 aliphatic heterocycles. The number of pyridine rings is 1. The van der Waals surface area contributed by atoms with Crippen LogP contribution >= 0.6 is 0 Å². The maximum Gasteiger partial charge on any atom is 0.410 e. The highest BCUT2D eigenvalue weighted by Gasteiger charge is 2.00. The predicted molar refractivity (Wildman–Crippen MR) is 56.0 cm³/mol. The summed E-state index contributed by atoms with van der Waals surface area (Å²) in [5.41, 5.74) is 5.59. The van der Waals surface area contributed by atoms with Crippen molar-refractivity contribution >= 4 is 6.09 Å². The lowest BCUT2D eigenvalue weighted by Gasteiger charge is -2.04. The van der Waals surface area contributed by atoms with Crippen molar-refractivity contribution in [2.45, 2.75) is 6.61 Å². The van der Waals surface area contributed by atoms with Crippen LogP contribution in [0.15, 0.2) is 18.3 Å². The van der Waals surface area contributed by atoms with Gasteiger partial charge in [0, 0.05) is 7.11 Å². The number of primary amides is 1. The molecule has 16 heavy (non-hydrogen) atoms. The van der Waals surface area contributed by atoms with E-state index in [9.17, 15) is 4.79 Å². The first-order valence-corrected chi connectivity index (χ1v) is 4.71. The number of carbonyl (C=O) groups excluding carboxylic acids is 1. The second-order valence-electron chi connectivity index (χ2n) is 2.95. The molecule has 0 saturated carbocycles. The molecule has 2 N–H and O–H groups in total. The Labute approximate surface area is 93.3 Å². The third-order valence-electron chi connectivity index (χ3n) is 1.70. The van der Waals surface area contributed by atoms with Crippen LogP contribution in [0.4, 0.5) is 4.79 Å². The van der Waals surface area contributed by atoms with Crippen molar-refractivity contribution in [3.8, 4) is 5.75 Å². The molecule has 0 atom stereocenters. The average Bonchev–Trinajstić information content (AvgIpc) is 2.26. The van der Waals surface area contributed by atoms with Crippen LogP contribution in [0.3, 0.4) is 0 Å². The third-order valence-corrected chi connectivity index (χ3v) is 1.70. The number of amides is 1. The third kappa shape index (κ3) is 4.72. The number of aromatic nitrogens is 1. The summed E-state index contributed by atoms with van der Waals surface area (Å²) >= 11 is 0. The first kappa shape index (κ1) is 12.4. The largest absolute Gasteiger partial charge is 0.410 e. The van der Waals surface area contributed by atoms with Crippen molar-refractivity contribution in [2.24, 2.45) is 5.73 Å². The quantitative estimate of drug-likeness (QED) is 0.722. The number of nitrogens with zero attached hydrogens (tertiary/aromatic N) is 1. The maximum atomic E-state index is 10.4. The molecular weight excluding hydrogens is 212 g/mol. The van der Waals surface area contributed by atoms with Gasteiger partial charge in [-0.2, -0.15) is 0 Å². The highest BCUT2D eigenvalue weighted by atomic mass is 16.5. The van der Waals surface area contributed by atoms with Crippen molar-refractivity contribution in [1.29, 1.82) is 0 Å². The highest BCUT2D eigenvalue weighted by Crippen LogP contribution is 2.09. The van der Waals surface area contributed by atoms with Gasteiger partial charge in [-0.05, 0) is 12.1 Å². The van der Waals surface area contributed by atoms with Gasteiger partial charge >= 0.3 is 6.09 Å². The lowest BCUT2D eigenvalue weighted by atomic mass is 10.3. The Morgan fingerprint density at radius 3 is 2.81 bits per heavy atom. The van der Waals surface area contributed by atoms with Crippen molar-refractivity contribution in [2.75, 3.05) is 20.3 Å². The van der Waals surface area contributed by atoms with Crippen molar-refractivity contribution in [3.63, 3.8) is 0 Å². The maximum absolute atomic E-state index is 10.4. The van der Waals surface area contributed by atoms with Crippen LogP contribution in [0.2, 0.25) is 0 Å². The van der Waals surface area contributed by atoms with E-state index in [4.69, 9.17) is 15.2 Å². The topological polar surface area (TPSA) is 83.7 Å². The van der Waals surface area contributed by atoms with E-state index in [2.05, 4.69) is 9.72 Å². The molecule has 0 bridgehead atoms. The van der Waals surface area contributed by atoms with Gasteiger partial charge in [-0.3, -0.25) is 4.98 Å². The summed E-state index contributed by atoms with van der Waals surface area (Å²) in [6.07, 6.45) is 0.561. The molecule has 6 heteroatoms. The van der Waals surface area contributed by atoms with Crippen LogP contribution in [-0.4, -0.2) is 31.4 Å². The zero-order valence-corrected chi connectivity index (χ0v) is 9.01. The van der Waals surface area contributed by atoms with E-state index in [-0.39, 0.29) is 0 Å². The zero-order valence-electron chi connectivity index (χ0n) is 9.01. The Kier molecular flexibility index (Phi) is 5.24. The molecule has 1 aromatic rings. The summed E-state index contributed by atoms with van der Waals surface area (Å²) in [5, 5.41) is 0. The molecule has 0 aromatic carbocycles. The van der Waals surface area contributed by atoms with Crippen molar-refractivity contribution in [1.82, 2.24) is 4.98 Å². The molecule has 1 aromatic heterocycles. The smallest absolute Gasteiger partial charge is 0.409 e. The lowest BCUT2D eigenvalue weighted by Crippen LogP contribution is -2.16. The van der Waals surface area contributed by atoms with Gasteiger partial charge in [0.1, 0.15) is 0 Å². The molecule has 0 radical (unpaired) electrons. The van der Waals surface area contributed by atoms with Crippen LogP contribution < -0.4 is 10.5 Å². The summed E-state index contributed by atoms with van der Waals surface area (Å²) in [6.45, 7) is 1.45.